The number of ketones is 1. The number of nitrogens with zero attached hydrogens (tertiary/aromatic N) is 2. The second kappa shape index (κ2) is 7.63. The van der Waals surface area contributed by atoms with Crippen molar-refractivity contribution in [1.82, 2.24) is 5.16 Å². The third-order valence-electron chi connectivity index (χ3n) is 4.13. The van der Waals surface area contributed by atoms with E-state index < -0.39 is 33.7 Å². The number of nitro groups is 1. The van der Waals surface area contributed by atoms with Gasteiger partial charge in [0.1, 0.15) is 11.3 Å². The standard InChI is InChI=1S/C19H13F3N2O4/c20-19(21,22)14-6-8-16(17(11-14)24(26)27)18(25)13-4-1-12(2-5-13)3-7-15-9-10-23-28-15/h1-2,4-6,8-11H,3,7H2. The Hall–Kier alpha value is -3.49. The number of carbonyl (C=O) groups excluding carboxylic acids is 1. The molecule has 1 aromatic heterocycles. The average Bonchev–Trinajstić information content (AvgIpc) is 3.18. The van der Waals surface area contributed by atoms with Crippen LogP contribution >= 0.6 is 0 Å². The maximum absolute atomic E-state index is 12.8. The molecule has 0 aliphatic carbocycles. The first-order valence-electron chi connectivity index (χ1n) is 8.14. The van der Waals surface area contributed by atoms with E-state index in [9.17, 15) is 28.1 Å². The van der Waals surface area contributed by atoms with Gasteiger partial charge in [-0.3, -0.25) is 14.9 Å². The van der Waals surface area contributed by atoms with Gasteiger partial charge in [0.2, 0.25) is 0 Å². The van der Waals surface area contributed by atoms with Gasteiger partial charge >= 0.3 is 6.18 Å². The molecule has 0 spiro atoms. The number of alkyl halides is 3. The zero-order chi connectivity index (χ0) is 20.3. The number of rotatable bonds is 6. The average molecular weight is 390 g/mol. The zero-order valence-corrected chi connectivity index (χ0v) is 14.3. The molecule has 0 amide bonds. The molecule has 3 rings (SSSR count). The Morgan fingerprint density at radius 1 is 1.07 bits per heavy atom. The highest BCUT2D eigenvalue weighted by Gasteiger charge is 2.34. The molecule has 0 aliphatic heterocycles. The Balaban J connectivity index is 1.82. The number of hydrogen-bond donors (Lipinski definition) is 0. The second-order valence-corrected chi connectivity index (χ2v) is 5.99. The molecule has 6 nitrogen and oxygen atoms in total. The van der Waals surface area contributed by atoms with Gasteiger partial charge in [0, 0.05) is 24.1 Å². The van der Waals surface area contributed by atoms with Crippen LogP contribution in [0.25, 0.3) is 0 Å². The molecule has 0 saturated carbocycles. The highest BCUT2D eigenvalue weighted by Crippen LogP contribution is 2.33. The highest BCUT2D eigenvalue weighted by atomic mass is 19.4. The number of aromatic nitrogens is 1. The van der Waals surface area contributed by atoms with Crippen molar-refractivity contribution in [3.05, 3.63) is 92.9 Å². The van der Waals surface area contributed by atoms with Crippen molar-refractivity contribution in [3.63, 3.8) is 0 Å². The van der Waals surface area contributed by atoms with Crippen molar-refractivity contribution >= 4 is 11.5 Å². The second-order valence-electron chi connectivity index (χ2n) is 5.99. The molecule has 0 bridgehead atoms. The highest BCUT2D eigenvalue weighted by molar-refractivity contribution is 6.11. The van der Waals surface area contributed by atoms with Crippen LogP contribution in [0.2, 0.25) is 0 Å². The molecule has 0 N–H and O–H groups in total. The summed E-state index contributed by atoms with van der Waals surface area (Å²) in [5.41, 5.74) is -1.42. The van der Waals surface area contributed by atoms with Crippen LogP contribution in [0.5, 0.6) is 0 Å². The van der Waals surface area contributed by atoms with E-state index in [-0.39, 0.29) is 5.56 Å². The van der Waals surface area contributed by atoms with Crippen LogP contribution in [0, 0.1) is 10.1 Å². The third kappa shape index (κ3) is 4.25. The lowest BCUT2D eigenvalue weighted by Crippen LogP contribution is -2.10. The minimum absolute atomic E-state index is 0.145. The first kappa shape index (κ1) is 19.3. The SMILES string of the molecule is O=C(c1ccc(CCc2ccno2)cc1)c1ccc(C(F)(F)F)cc1[N+](=O)[O-]. The van der Waals surface area contributed by atoms with E-state index in [0.717, 1.165) is 11.6 Å². The van der Waals surface area contributed by atoms with Gasteiger partial charge in [-0.2, -0.15) is 13.2 Å². The van der Waals surface area contributed by atoms with Gasteiger partial charge in [-0.15, -0.1) is 0 Å². The normalized spacial score (nSPS) is 11.4. The topological polar surface area (TPSA) is 86.2 Å². The Kier molecular flexibility index (Phi) is 5.25. The summed E-state index contributed by atoms with van der Waals surface area (Å²) in [7, 11) is 0. The van der Waals surface area contributed by atoms with Gasteiger partial charge in [-0.05, 0) is 24.1 Å². The summed E-state index contributed by atoms with van der Waals surface area (Å²) in [5.74, 6) is -0.0114. The fraction of sp³-hybridized carbons (Fsp3) is 0.158. The minimum atomic E-state index is -4.74. The molecule has 2 aromatic carbocycles. The summed E-state index contributed by atoms with van der Waals surface area (Å²) in [6.07, 6.45) is -1.96. The number of hydrogen-bond acceptors (Lipinski definition) is 5. The van der Waals surface area contributed by atoms with Gasteiger partial charge in [0.25, 0.3) is 5.69 Å². The van der Waals surface area contributed by atoms with Gasteiger partial charge < -0.3 is 4.52 Å². The fourth-order valence-corrected chi connectivity index (χ4v) is 2.67. The molecule has 3 aromatic rings. The quantitative estimate of drug-likeness (QED) is 0.348. The number of nitro benzene ring substituents is 1. The van der Waals surface area contributed by atoms with Crippen molar-refractivity contribution in [1.29, 1.82) is 0 Å². The first-order chi connectivity index (χ1) is 13.3. The van der Waals surface area contributed by atoms with Crippen molar-refractivity contribution in [2.24, 2.45) is 0 Å². The van der Waals surface area contributed by atoms with E-state index >= 15 is 0 Å². The largest absolute Gasteiger partial charge is 0.416 e. The maximum Gasteiger partial charge on any atom is 0.416 e. The minimum Gasteiger partial charge on any atom is -0.361 e. The van der Waals surface area contributed by atoms with Gasteiger partial charge in [-0.25, -0.2) is 0 Å². The molecule has 0 radical (unpaired) electrons. The van der Waals surface area contributed by atoms with Crippen LogP contribution in [-0.2, 0) is 19.0 Å². The molecule has 0 saturated heterocycles. The summed E-state index contributed by atoms with van der Waals surface area (Å²) in [4.78, 5) is 22.7. The number of aryl methyl sites for hydroxylation is 2. The van der Waals surface area contributed by atoms with E-state index in [1.165, 1.54) is 18.3 Å². The van der Waals surface area contributed by atoms with Gasteiger partial charge in [0.15, 0.2) is 5.78 Å². The molecule has 0 unspecified atom stereocenters. The summed E-state index contributed by atoms with van der Waals surface area (Å²) < 4.78 is 43.4. The Labute approximate surface area is 156 Å². The Bertz CT molecular complexity index is 997. The molecule has 0 aliphatic rings. The van der Waals surface area contributed by atoms with Crippen molar-refractivity contribution in [2.75, 3.05) is 0 Å². The molecule has 28 heavy (non-hydrogen) atoms. The van der Waals surface area contributed by atoms with Crippen LogP contribution in [-0.4, -0.2) is 15.9 Å². The smallest absolute Gasteiger partial charge is 0.361 e. The van der Waals surface area contributed by atoms with Crippen molar-refractivity contribution in [2.45, 2.75) is 19.0 Å². The zero-order valence-electron chi connectivity index (χ0n) is 14.3. The first-order valence-corrected chi connectivity index (χ1v) is 8.14. The molecule has 9 heteroatoms. The number of benzene rings is 2. The van der Waals surface area contributed by atoms with Crippen LogP contribution < -0.4 is 0 Å². The molecule has 1 heterocycles. The predicted molar refractivity (Wildman–Crippen MR) is 91.9 cm³/mol. The Morgan fingerprint density at radius 3 is 2.36 bits per heavy atom. The summed E-state index contributed by atoms with van der Waals surface area (Å²) in [5, 5.41) is 14.8. The lowest BCUT2D eigenvalue weighted by atomic mass is 9.98. The van der Waals surface area contributed by atoms with E-state index in [1.807, 2.05) is 0 Å². The van der Waals surface area contributed by atoms with E-state index in [0.29, 0.717) is 30.7 Å². The van der Waals surface area contributed by atoms with E-state index in [2.05, 4.69) is 5.16 Å². The lowest BCUT2D eigenvalue weighted by molar-refractivity contribution is -0.385. The van der Waals surface area contributed by atoms with Gasteiger partial charge in [-0.1, -0.05) is 29.4 Å². The predicted octanol–water partition coefficient (Wildman–Crippen LogP) is 4.62. The molecule has 144 valence electrons. The Morgan fingerprint density at radius 2 is 1.79 bits per heavy atom. The molecular formula is C19H13F3N2O4. The molecule has 0 fully saturated rings. The summed E-state index contributed by atoms with van der Waals surface area (Å²) >= 11 is 0. The van der Waals surface area contributed by atoms with Crippen LogP contribution in [0.4, 0.5) is 18.9 Å². The monoisotopic (exact) mass is 390 g/mol. The summed E-state index contributed by atoms with van der Waals surface area (Å²) in [6, 6.07) is 9.94. The van der Waals surface area contributed by atoms with E-state index in [1.54, 1.807) is 18.2 Å². The van der Waals surface area contributed by atoms with Crippen molar-refractivity contribution in [3.8, 4) is 0 Å². The fourth-order valence-electron chi connectivity index (χ4n) is 2.67. The lowest BCUT2D eigenvalue weighted by Gasteiger charge is -2.09. The van der Waals surface area contributed by atoms with Crippen LogP contribution in [0.15, 0.2) is 59.3 Å². The number of halogens is 3. The van der Waals surface area contributed by atoms with E-state index in [4.69, 9.17) is 4.52 Å². The molecule has 0 atom stereocenters. The maximum atomic E-state index is 12.8. The third-order valence-corrected chi connectivity index (χ3v) is 4.13. The summed E-state index contributed by atoms with van der Waals surface area (Å²) in [6.45, 7) is 0. The number of carbonyl (C=O) groups is 1. The van der Waals surface area contributed by atoms with Gasteiger partial charge in [0.05, 0.1) is 16.7 Å². The molecular weight excluding hydrogens is 377 g/mol. The van der Waals surface area contributed by atoms with Crippen LogP contribution in [0.1, 0.15) is 32.8 Å². The van der Waals surface area contributed by atoms with Crippen LogP contribution in [0.3, 0.4) is 0 Å². The van der Waals surface area contributed by atoms with Crippen molar-refractivity contribution < 1.29 is 27.4 Å².